The number of carbonyl (C=O) groups excluding carboxylic acids is 1. The molecule has 3 nitrogen and oxygen atoms in total. The fraction of sp³-hybridized carbons (Fsp3) is 0.462. The van der Waals surface area contributed by atoms with Gasteiger partial charge in [0.2, 0.25) is 5.91 Å². The van der Waals surface area contributed by atoms with Gasteiger partial charge in [-0.1, -0.05) is 18.2 Å². The van der Waals surface area contributed by atoms with Crippen LogP contribution < -0.4 is 5.73 Å². The highest BCUT2D eigenvalue weighted by molar-refractivity contribution is 5.76. The third-order valence-electron chi connectivity index (χ3n) is 2.78. The molecule has 1 rings (SSSR count). The average Bonchev–Trinajstić information content (AvgIpc) is 2.29. The molecule has 0 heterocycles. The van der Waals surface area contributed by atoms with Crippen molar-refractivity contribution in [1.82, 2.24) is 4.90 Å². The molecular formula is C13H20N2O. The molecule has 1 aromatic rings. The molecule has 0 atom stereocenters. The number of nitrogen functional groups attached to an aromatic ring is 1. The second kappa shape index (κ2) is 6.16. The summed E-state index contributed by atoms with van der Waals surface area (Å²) in [6.07, 6.45) is 1.26. The number of benzene rings is 1. The maximum absolute atomic E-state index is 11.8. The van der Waals surface area contributed by atoms with E-state index in [0.29, 0.717) is 6.42 Å². The summed E-state index contributed by atoms with van der Waals surface area (Å²) >= 11 is 0. The number of rotatable bonds is 5. The van der Waals surface area contributed by atoms with Gasteiger partial charge in [-0.3, -0.25) is 4.79 Å². The van der Waals surface area contributed by atoms with Crippen molar-refractivity contribution in [2.45, 2.75) is 26.7 Å². The monoisotopic (exact) mass is 220 g/mol. The second-order valence-corrected chi connectivity index (χ2v) is 3.76. The van der Waals surface area contributed by atoms with Gasteiger partial charge >= 0.3 is 0 Å². The Hall–Kier alpha value is -1.51. The van der Waals surface area contributed by atoms with Crippen LogP contribution >= 0.6 is 0 Å². The summed E-state index contributed by atoms with van der Waals surface area (Å²) in [6.45, 7) is 5.55. The average molecular weight is 220 g/mol. The first-order valence-corrected chi connectivity index (χ1v) is 5.80. The number of nitrogens with zero attached hydrogens (tertiary/aromatic N) is 1. The summed E-state index contributed by atoms with van der Waals surface area (Å²) in [5.74, 6) is 0.202. The Balaban J connectivity index is 2.52. The highest BCUT2D eigenvalue weighted by Gasteiger charge is 2.09. The maximum atomic E-state index is 11.8. The molecule has 16 heavy (non-hydrogen) atoms. The number of carbonyl (C=O) groups is 1. The lowest BCUT2D eigenvalue weighted by Gasteiger charge is -2.18. The molecule has 0 saturated carbocycles. The number of para-hydroxylation sites is 1. The lowest BCUT2D eigenvalue weighted by molar-refractivity contribution is -0.130. The van der Waals surface area contributed by atoms with Crippen LogP contribution in [-0.4, -0.2) is 23.9 Å². The van der Waals surface area contributed by atoms with E-state index in [1.54, 1.807) is 0 Å². The van der Waals surface area contributed by atoms with E-state index in [2.05, 4.69) is 0 Å². The highest BCUT2D eigenvalue weighted by atomic mass is 16.2. The van der Waals surface area contributed by atoms with Crippen molar-refractivity contribution in [3.8, 4) is 0 Å². The van der Waals surface area contributed by atoms with Crippen LogP contribution in [0.15, 0.2) is 24.3 Å². The van der Waals surface area contributed by atoms with Crippen LogP contribution in [0.2, 0.25) is 0 Å². The quantitative estimate of drug-likeness (QED) is 0.772. The van der Waals surface area contributed by atoms with Crippen LogP contribution in [-0.2, 0) is 11.2 Å². The first kappa shape index (κ1) is 12.6. The molecule has 88 valence electrons. The van der Waals surface area contributed by atoms with Crippen LogP contribution in [0.4, 0.5) is 5.69 Å². The van der Waals surface area contributed by atoms with Crippen molar-refractivity contribution in [2.24, 2.45) is 0 Å². The largest absolute Gasteiger partial charge is 0.399 e. The van der Waals surface area contributed by atoms with E-state index >= 15 is 0 Å². The summed E-state index contributed by atoms with van der Waals surface area (Å²) in [4.78, 5) is 13.6. The zero-order chi connectivity index (χ0) is 12.0. The minimum atomic E-state index is 0.202. The Morgan fingerprint density at radius 1 is 1.25 bits per heavy atom. The summed E-state index contributed by atoms with van der Waals surface area (Å²) in [7, 11) is 0. The number of amides is 1. The Morgan fingerprint density at radius 2 is 1.88 bits per heavy atom. The van der Waals surface area contributed by atoms with Crippen LogP contribution in [0.1, 0.15) is 25.8 Å². The van der Waals surface area contributed by atoms with Gasteiger partial charge in [-0.25, -0.2) is 0 Å². The molecule has 0 aromatic heterocycles. The van der Waals surface area contributed by atoms with Gasteiger partial charge in [0, 0.05) is 25.2 Å². The third kappa shape index (κ3) is 3.26. The molecule has 3 heteroatoms. The van der Waals surface area contributed by atoms with Gasteiger partial charge in [0.05, 0.1) is 0 Å². The molecule has 0 aliphatic carbocycles. The van der Waals surface area contributed by atoms with E-state index in [1.807, 2.05) is 43.0 Å². The van der Waals surface area contributed by atoms with Crippen LogP contribution in [0.25, 0.3) is 0 Å². The lowest BCUT2D eigenvalue weighted by Crippen LogP contribution is -2.30. The molecule has 0 saturated heterocycles. The lowest BCUT2D eigenvalue weighted by atomic mass is 10.1. The molecule has 1 amide bonds. The Labute approximate surface area is 97.2 Å². The minimum Gasteiger partial charge on any atom is -0.399 e. The predicted octanol–water partition coefficient (Wildman–Crippen LogP) is 2.07. The summed E-state index contributed by atoms with van der Waals surface area (Å²) in [6, 6.07) is 7.71. The Kier molecular flexibility index (Phi) is 4.83. The maximum Gasteiger partial charge on any atom is 0.222 e. The van der Waals surface area contributed by atoms with E-state index in [-0.39, 0.29) is 5.91 Å². The van der Waals surface area contributed by atoms with Crippen molar-refractivity contribution >= 4 is 11.6 Å². The van der Waals surface area contributed by atoms with Gasteiger partial charge in [0.25, 0.3) is 0 Å². The van der Waals surface area contributed by atoms with E-state index in [0.717, 1.165) is 30.8 Å². The standard InChI is InChI=1S/C13H20N2O/c1-3-15(4-2)13(16)10-9-11-7-5-6-8-12(11)14/h5-8H,3-4,9-10,14H2,1-2H3. The summed E-state index contributed by atoms with van der Waals surface area (Å²) in [5, 5.41) is 0. The molecular weight excluding hydrogens is 200 g/mol. The summed E-state index contributed by atoms with van der Waals surface area (Å²) in [5.41, 5.74) is 7.65. The predicted molar refractivity (Wildman–Crippen MR) is 67.1 cm³/mol. The number of hydrogen-bond acceptors (Lipinski definition) is 2. The van der Waals surface area contributed by atoms with Crippen molar-refractivity contribution in [3.05, 3.63) is 29.8 Å². The van der Waals surface area contributed by atoms with Crippen molar-refractivity contribution in [1.29, 1.82) is 0 Å². The van der Waals surface area contributed by atoms with Crippen LogP contribution in [0, 0.1) is 0 Å². The SMILES string of the molecule is CCN(CC)C(=O)CCc1ccccc1N. The number of anilines is 1. The topological polar surface area (TPSA) is 46.3 Å². The first-order valence-electron chi connectivity index (χ1n) is 5.80. The molecule has 0 aliphatic rings. The van der Waals surface area contributed by atoms with Gasteiger partial charge in [0.1, 0.15) is 0 Å². The normalized spacial score (nSPS) is 10.1. The van der Waals surface area contributed by atoms with Crippen molar-refractivity contribution in [3.63, 3.8) is 0 Å². The van der Waals surface area contributed by atoms with E-state index in [4.69, 9.17) is 5.73 Å². The molecule has 0 fully saturated rings. The fourth-order valence-electron chi connectivity index (χ4n) is 1.74. The van der Waals surface area contributed by atoms with E-state index < -0.39 is 0 Å². The first-order chi connectivity index (χ1) is 7.69. The number of aryl methyl sites for hydroxylation is 1. The second-order valence-electron chi connectivity index (χ2n) is 3.76. The summed E-state index contributed by atoms with van der Waals surface area (Å²) < 4.78 is 0. The Morgan fingerprint density at radius 3 is 2.44 bits per heavy atom. The molecule has 0 spiro atoms. The molecule has 1 aromatic carbocycles. The third-order valence-corrected chi connectivity index (χ3v) is 2.78. The minimum absolute atomic E-state index is 0.202. The number of hydrogen-bond donors (Lipinski definition) is 1. The molecule has 0 bridgehead atoms. The fourth-order valence-corrected chi connectivity index (χ4v) is 1.74. The van der Waals surface area contributed by atoms with Crippen molar-refractivity contribution in [2.75, 3.05) is 18.8 Å². The molecule has 0 unspecified atom stereocenters. The molecule has 0 radical (unpaired) electrons. The van der Waals surface area contributed by atoms with Crippen LogP contribution in [0.3, 0.4) is 0 Å². The van der Waals surface area contributed by atoms with E-state index in [9.17, 15) is 4.79 Å². The highest BCUT2D eigenvalue weighted by Crippen LogP contribution is 2.13. The van der Waals surface area contributed by atoms with Gasteiger partial charge in [-0.15, -0.1) is 0 Å². The molecule has 2 N–H and O–H groups in total. The Bertz CT molecular complexity index is 346. The molecule has 0 aliphatic heterocycles. The zero-order valence-corrected chi connectivity index (χ0v) is 10.1. The smallest absolute Gasteiger partial charge is 0.222 e. The van der Waals surface area contributed by atoms with Gasteiger partial charge in [-0.05, 0) is 31.9 Å². The zero-order valence-electron chi connectivity index (χ0n) is 10.1. The van der Waals surface area contributed by atoms with Crippen molar-refractivity contribution < 1.29 is 4.79 Å². The van der Waals surface area contributed by atoms with Gasteiger partial charge < -0.3 is 10.6 Å². The van der Waals surface area contributed by atoms with Gasteiger partial charge in [-0.2, -0.15) is 0 Å². The van der Waals surface area contributed by atoms with E-state index in [1.165, 1.54) is 0 Å². The number of nitrogens with two attached hydrogens (primary N) is 1. The van der Waals surface area contributed by atoms with Gasteiger partial charge in [0.15, 0.2) is 0 Å². The van der Waals surface area contributed by atoms with Crippen LogP contribution in [0.5, 0.6) is 0 Å².